The van der Waals surface area contributed by atoms with E-state index in [1.54, 1.807) is 14.0 Å². The van der Waals surface area contributed by atoms with Crippen molar-refractivity contribution in [1.82, 2.24) is 0 Å². The first-order valence-electron chi connectivity index (χ1n) is 12.9. The fourth-order valence-corrected chi connectivity index (χ4v) is 4.66. The first-order valence-corrected chi connectivity index (χ1v) is 12.9. The molecule has 2 aromatic rings. The monoisotopic (exact) mass is 524 g/mol. The highest BCUT2D eigenvalue weighted by atomic mass is 16.8. The Morgan fingerprint density at radius 2 is 1.84 bits per heavy atom. The molecule has 1 aliphatic heterocycles. The summed E-state index contributed by atoms with van der Waals surface area (Å²) in [7, 11) is 1.63. The number of aliphatic hydroxyl groups excluding tert-OH is 1. The molecule has 0 bridgehead atoms. The van der Waals surface area contributed by atoms with Gasteiger partial charge >= 0.3 is 5.97 Å². The molecule has 1 aliphatic rings. The SMILES string of the molecule is COc1ccc(COC(/C=C\C[C@H](C)O)[C@H]2OC(C)(C)O[C@@H]2C/C=C/c2cc(C)cc(C)c2C(=O)O)cc1. The van der Waals surface area contributed by atoms with Crippen molar-refractivity contribution in [3.05, 3.63) is 82.4 Å². The van der Waals surface area contributed by atoms with Crippen LogP contribution in [0.5, 0.6) is 5.75 Å². The van der Waals surface area contributed by atoms with Gasteiger partial charge in [0.1, 0.15) is 18.0 Å². The van der Waals surface area contributed by atoms with Crippen LogP contribution in [0, 0.1) is 13.8 Å². The Hall–Kier alpha value is -2.97. The molecule has 1 heterocycles. The van der Waals surface area contributed by atoms with Crippen LogP contribution in [0.3, 0.4) is 0 Å². The number of aromatic carboxylic acids is 1. The third-order valence-electron chi connectivity index (χ3n) is 6.34. The molecule has 4 atom stereocenters. The van der Waals surface area contributed by atoms with Crippen molar-refractivity contribution in [1.29, 1.82) is 0 Å². The van der Waals surface area contributed by atoms with Crippen molar-refractivity contribution in [2.24, 2.45) is 0 Å². The van der Waals surface area contributed by atoms with Crippen LogP contribution >= 0.6 is 0 Å². The zero-order chi connectivity index (χ0) is 27.9. The summed E-state index contributed by atoms with van der Waals surface area (Å²) in [4.78, 5) is 11.8. The number of carboxylic acids is 1. The summed E-state index contributed by atoms with van der Waals surface area (Å²) in [5, 5.41) is 19.4. The van der Waals surface area contributed by atoms with Crippen molar-refractivity contribution < 1.29 is 34.0 Å². The molecule has 0 aromatic heterocycles. The van der Waals surface area contributed by atoms with E-state index in [9.17, 15) is 15.0 Å². The van der Waals surface area contributed by atoms with E-state index in [-0.39, 0.29) is 6.10 Å². The molecular weight excluding hydrogens is 484 g/mol. The molecule has 1 fully saturated rings. The van der Waals surface area contributed by atoms with Crippen molar-refractivity contribution in [2.75, 3.05) is 7.11 Å². The third-order valence-corrected chi connectivity index (χ3v) is 6.34. The van der Waals surface area contributed by atoms with E-state index >= 15 is 0 Å². The summed E-state index contributed by atoms with van der Waals surface area (Å²) in [6.07, 6.45) is 6.98. The molecule has 2 aromatic carbocycles. The van der Waals surface area contributed by atoms with Gasteiger partial charge in [-0.15, -0.1) is 0 Å². The Bertz CT molecular complexity index is 1130. The molecule has 2 N–H and O–H groups in total. The number of hydrogen-bond acceptors (Lipinski definition) is 6. The van der Waals surface area contributed by atoms with Crippen LogP contribution in [0.25, 0.3) is 6.08 Å². The van der Waals surface area contributed by atoms with Crippen LogP contribution in [-0.4, -0.2) is 53.5 Å². The largest absolute Gasteiger partial charge is 0.497 e. The summed E-state index contributed by atoms with van der Waals surface area (Å²) < 4.78 is 24.1. The minimum absolute atomic E-state index is 0.300. The normalized spacial score (nSPS) is 20.7. The van der Waals surface area contributed by atoms with Crippen molar-refractivity contribution in [3.8, 4) is 5.75 Å². The van der Waals surface area contributed by atoms with Gasteiger partial charge in [-0.2, -0.15) is 0 Å². The van der Waals surface area contributed by atoms with Gasteiger partial charge in [0.25, 0.3) is 0 Å². The highest BCUT2D eigenvalue weighted by Crippen LogP contribution is 2.34. The Kier molecular flexibility index (Phi) is 10.3. The average Bonchev–Trinajstić information content (AvgIpc) is 3.14. The maximum absolute atomic E-state index is 11.8. The molecule has 1 unspecified atom stereocenters. The number of aryl methyl sites for hydroxylation is 2. The molecule has 0 saturated carbocycles. The molecule has 206 valence electrons. The van der Waals surface area contributed by atoms with E-state index < -0.39 is 30.1 Å². The Balaban J connectivity index is 1.81. The van der Waals surface area contributed by atoms with Gasteiger partial charge in [-0.25, -0.2) is 4.79 Å². The van der Waals surface area contributed by atoms with Gasteiger partial charge in [0.05, 0.1) is 31.5 Å². The molecule has 7 nitrogen and oxygen atoms in total. The molecule has 0 spiro atoms. The van der Waals surface area contributed by atoms with Crippen LogP contribution in [0.4, 0.5) is 0 Å². The number of carbonyl (C=O) groups is 1. The second-order valence-corrected chi connectivity index (χ2v) is 10.3. The number of aliphatic hydroxyl groups is 1. The van der Waals surface area contributed by atoms with E-state index in [1.807, 2.05) is 88.4 Å². The first-order chi connectivity index (χ1) is 18.0. The summed E-state index contributed by atoms with van der Waals surface area (Å²) in [5.74, 6) is -0.982. The van der Waals surface area contributed by atoms with Gasteiger partial charge in [0, 0.05) is 0 Å². The lowest BCUT2D eigenvalue weighted by Crippen LogP contribution is -2.36. The molecule has 0 aliphatic carbocycles. The molecule has 0 radical (unpaired) electrons. The third kappa shape index (κ3) is 8.27. The Morgan fingerprint density at radius 3 is 2.47 bits per heavy atom. The number of methoxy groups -OCH3 is 1. The second-order valence-electron chi connectivity index (χ2n) is 10.3. The van der Waals surface area contributed by atoms with Gasteiger partial charge in [0.15, 0.2) is 5.79 Å². The number of carboxylic acid groups (broad SMARTS) is 1. The molecule has 7 heteroatoms. The fraction of sp³-hybridized carbons (Fsp3) is 0.452. The number of benzene rings is 2. The highest BCUT2D eigenvalue weighted by molar-refractivity contribution is 5.94. The van der Waals surface area contributed by atoms with Crippen molar-refractivity contribution in [2.45, 2.75) is 84.3 Å². The quantitative estimate of drug-likeness (QED) is 0.337. The first kappa shape index (κ1) is 29.6. The van der Waals surface area contributed by atoms with Gasteiger partial charge < -0.3 is 29.2 Å². The smallest absolute Gasteiger partial charge is 0.336 e. The average molecular weight is 525 g/mol. The summed E-state index contributed by atoms with van der Waals surface area (Å²) in [6.45, 7) is 9.60. The molecule has 38 heavy (non-hydrogen) atoms. The van der Waals surface area contributed by atoms with E-state index in [1.165, 1.54) is 0 Å². The summed E-state index contributed by atoms with van der Waals surface area (Å²) in [5.41, 5.74) is 3.68. The maximum Gasteiger partial charge on any atom is 0.336 e. The Labute approximate surface area is 225 Å². The second kappa shape index (κ2) is 13.2. The highest BCUT2D eigenvalue weighted by Gasteiger charge is 2.44. The zero-order valence-electron chi connectivity index (χ0n) is 23.1. The van der Waals surface area contributed by atoms with Gasteiger partial charge in [-0.05, 0) is 76.3 Å². The standard InChI is InChI=1S/C31H40O7/c1-20-17-21(2)28(30(33)34)24(18-20)10-8-12-27-29(38-31(4,5)37-27)26(11-7-9-22(3)32)36-19-23-13-15-25(35-6)16-14-23/h7-8,10-11,13-18,22,26-27,29,32H,9,12,19H2,1-6H3,(H,33,34)/b10-8+,11-7-/t22-,26?,27+,29+/m0/s1. The zero-order valence-corrected chi connectivity index (χ0v) is 23.1. The lowest BCUT2D eigenvalue weighted by Gasteiger charge is -2.24. The minimum Gasteiger partial charge on any atom is -0.497 e. The fourth-order valence-electron chi connectivity index (χ4n) is 4.66. The van der Waals surface area contributed by atoms with Crippen molar-refractivity contribution in [3.63, 3.8) is 0 Å². The molecule has 1 saturated heterocycles. The topological polar surface area (TPSA) is 94.5 Å². The van der Waals surface area contributed by atoms with Gasteiger partial charge in [-0.1, -0.05) is 54.1 Å². The van der Waals surface area contributed by atoms with E-state index in [4.69, 9.17) is 18.9 Å². The predicted molar refractivity (Wildman–Crippen MR) is 147 cm³/mol. The number of ether oxygens (including phenoxy) is 4. The summed E-state index contributed by atoms with van der Waals surface area (Å²) in [6, 6.07) is 11.4. The Morgan fingerprint density at radius 1 is 1.13 bits per heavy atom. The number of hydrogen-bond donors (Lipinski definition) is 2. The lowest BCUT2D eigenvalue weighted by molar-refractivity contribution is -0.156. The predicted octanol–water partition coefficient (Wildman–Crippen LogP) is 5.85. The minimum atomic E-state index is -0.947. The van der Waals surface area contributed by atoms with Crippen molar-refractivity contribution >= 4 is 12.0 Å². The molecule has 3 rings (SSSR count). The summed E-state index contributed by atoms with van der Waals surface area (Å²) >= 11 is 0. The van der Waals surface area contributed by atoms with Crippen LogP contribution in [0.1, 0.15) is 66.2 Å². The van der Waals surface area contributed by atoms with Crippen LogP contribution in [0.2, 0.25) is 0 Å². The van der Waals surface area contributed by atoms with Crippen LogP contribution in [0.15, 0.2) is 54.6 Å². The van der Waals surface area contributed by atoms with E-state index in [0.29, 0.717) is 30.6 Å². The van der Waals surface area contributed by atoms with E-state index in [2.05, 4.69) is 0 Å². The maximum atomic E-state index is 11.8. The molecular formula is C31H40O7. The molecule has 0 amide bonds. The van der Waals surface area contributed by atoms with Crippen LogP contribution in [-0.2, 0) is 20.8 Å². The number of rotatable bonds is 12. The van der Waals surface area contributed by atoms with Gasteiger partial charge in [0.2, 0.25) is 0 Å². The lowest BCUT2D eigenvalue weighted by atomic mass is 9.97. The van der Waals surface area contributed by atoms with Gasteiger partial charge in [-0.3, -0.25) is 0 Å². The van der Waals surface area contributed by atoms with E-state index in [0.717, 1.165) is 22.4 Å². The van der Waals surface area contributed by atoms with Crippen LogP contribution < -0.4 is 4.74 Å².